The summed E-state index contributed by atoms with van der Waals surface area (Å²) in [5.74, 6) is 3.61. The molecule has 0 aliphatic carbocycles. The third kappa shape index (κ3) is 4.66. The Hall–Kier alpha value is -3.67. The average molecular weight is 409 g/mol. The maximum atomic E-state index is 12.8. The lowest BCUT2D eigenvalue weighted by Gasteiger charge is -2.34. The molecule has 0 heterocycles. The predicted molar refractivity (Wildman–Crippen MR) is 109 cm³/mol. The van der Waals surface area contributed by atoms with Crippen molar-refractivity contribution < 1.29 is 24.7 Å². The molecule has 3 amide bonds. The Labute approximate surface area is 174 Å². The van der Waals surface area contributed by atoms with Gasteiger partial charge in [-0.25, -0.2) is 5.48 Å². The summed E-state index contributed by atoms with van der Waals surface area (Å²) >= 11 is 0. The van der Waals surface area contributed by atoms with Gasteiger partial charge in [-0.15, -0.1) is 0 Å². The lowest BCUT2D eigenvalue weighted by molar-refractivity contribution is -0.148. The van der Waals surface area contributed by atoms with Gasteiger partial charge in [0, 0.05) is 30.8 Å². The highest BCUT2D eigenvalue weighted by Crippen LogP contribution is 2.18. The molecule has 2 rings (SSSR count). The molecule has 0 saturated heterocycles. The van der Waals surface area contributed by atoms with Crippen molar-refractivity contribution in [3.05, 3.63) is 70.8 Å². The summed E-state index contributed by atoms with van der Waals surface area (Å²) in [6.07, 6.45) is 0. The van der Waals surface area contributed by atoms with E-state index in [1.165, 1.54) is 26.5 Å². The van der Waals surface area contributed by atoms with Gasteiger partial charge >= 0.3 is 0 Å². The SMILES string of the molecule is CNC(=O)[C@@](C)(C(=O)NO)N(C)C(=O)c1ccc(C#Cc2ccc(CO)cc2)cc1. The van der Waals surface area contributed by atoms with Gasteiger partial charge in [-0.05, 0) is 48.9 Å². The van der Waals surface area contributed by atoms with Crippen LogP contribution in [0, 0.1) is 11.8 Å². The van der Waals surface area contributed by atoms with Crippen molar-refractivity contribution in [1.29, 1.82) is 0 Å². The van der Waals surface area contributed by atoms with Gasteiger partial charge in [-0.1, -0.05) is 24.0 Å². The first-order chi connectivity index (χ1) is 14.3. The second-order valence-corrected chi connectivity index (χ2v) is 6.64. The van der Waals surface area contributed by atoms with Crippen molar-refractivity contribution in [3.63, 3.8) is 0 Å². The van der Waals surface area contributed by atoms with Crippen LogP contribution < -0.4 is 10.8 Å². The fourth-order valence-corrected chi connectivity index (χ4v) is 2.69. The van der Waals surface area contributed by atoms with Crippen LogP contribution in [0.15, 0.2) is 48.5 Å². The first-order valence-corrected chi connectivity index (χ1v) is 9.04. The zero-order chi connectivity index (χ0) is 22.3. The summed E-state index contributed by atoms with van der Waals surface area (Å²) < 4.78 is 0. The number of aliphatic hydroxyl groups excluding tert-OH is 1. The lowest BCUT2D eigenvalue weighted by Crippen LogP contribution is -2.64. The largest absolute Gasteiger partial charge is 0.392 e. The van der Waals surface area contributed by atoms with Crippen LogP contribution >= 0.6 is 0 Å². The fourth-order valence-electron chi connectivity index (χ4n) is 2.69. The van der Waals surface area contributed by atoms with E-state index in [2.05, 4.69) is 17.2 Å². The van der Waals surface area contributed by atoms with Gasteiger partial charge in [0.25, 0.3) is 17.7 Å². The van der Waals surface area contributed by atoms with Crippen LogP contribution in [0.3, 0.4) is 0 Å². The number of hydroxylamine groups is 1. The monoisotopic (exact) mass is 409 g/mol. The van der Waals surface area contributed by atoms with Crippen LogP contribution in [0.5, 0.6) is 0 Å². The number of rotatable bonds is 5. The number of carbonyl (C=O) groups excluding carboxylic acids is 3. The topological polar surface area (TPSA) is 119 Å². The Morgan fingerprint density at radius 2 is 1.47 bits per heavy atom. The number of likely N-dealkylation sites (N-methyl/N-ethyl adjacent to an activating group) is 2. The third-order valence-electron chi connectivity index (χ3n) is 4.81. The molecule has 0 aliphatic rings. The number of aliphatic hydroxyl groups is 1. The predicted octanol–water partition coefficient (Wildman–Crippen LogP) is 0.661. The van der Waals surface area contributed by atoms with Crippen molar-refractivity contribution in [2.45, 2.75) is 19.1 Å². The Balaban J connectivity index is 2.22. The molecule has 0 aliphatic heterocycles. The molecule has 0 aromatic heterocycles. The van der Waals surface area contributed by atoms with E-state index in [0.29, 0.717) is 5.56 Å². The van der Waals surface area contributed by atoms with Crippen LogP contribution in [0.2, 0.25) is 0 Å². The molecule has 30 heavy (non-hydrogen) atoms. The van der Waals surface area contributed by atoms with Crippen molar-refractivity contribution in [2.24, 2.45) is 0 Å². The number of hydrogen-bond donors (Lipinski definition) is 4. The minimum absolute atomic E-state index is 0.0312. The molecular weight excluding hydrogens is 386 g/mol. The van der Waals surface area contributed by atoms with Crippen LogP contribution in [-0.2, 0) is 16.2 Å². The second kappa shape index (κ2) is 9.69. The number of benzene rings is 2. The first-order valence-electron chi connectivity index (χ1n) is 9.04. The Morgan fingerprint density at radius 3 is 1.90 bits per heavy atom. The molecule has 8 nitrogen and oxygen atoms in total. The molecular formula is C22H23N3O5. The van der Waals surface area contributed by atoms with Crippen molar-refractivity contribution in [1.82, 2.24) is 15.7 Å². The number of nitrogens with zero attached hydrogens (tertiary/aromatic N) is 1. The number of nitrogens with one attached hydrogen (secondary N) is 2. The standard InChI is InChI=1S/C22H23N3O5/c1-22(20(28)23-2,21(29)24-30)25(3)19(27)18-12-10-16(11-13-18)5-4-15-6-8-17(14-26)9-7-15/h6-13,26,30H,14H2,1-3H3,(H,23,28)(H,24,29)/t22-/m0/s1. The van der Waals surface area contributed by atoms with E-state index in [1.807, 2.05) is 0 Å². The summed E-state index contributed by atoms with van der Waals surface area (Å²) in [5.41, 5.74) is 1.98. The summed E-state index contributed by atoms with van der Waals surface area (Å²) in [6.45, 7) is 1.20. The Morgan fingerprint density at radius 1 is 0.967 bits per heavy atom. The fraction of sp³-hybridized carbons (Fsp3) is 0.227. The van der Waals surface area contributed by atoms with Crippen LogP contribution in [0.25, 0.3) is 0 Å². The summed E-state index contributed by atoms with van der Waals surface area (Å²) in [6, 6.07) is 13.6. The maximum absolute atomic E-state index is 12.8. The van der Waals surface area contributed by atoms with E-state index >= 15 is 0 Å². The van der Waals surface area contributed by atoms with Gasteiger partial charge in [0.15, 0.2) is 5.54 Å². The molecule has 156 valence electrons. The van der Waals surface area contributed by atoms with E-state index in [4.69, 9.17) is 10.3 Å². The highest BCUT2D eigenvalue weighted by Gasteiger charge is 2.47. The van der Waals surface area contributed by atoms with Crippen LogP contribution in [-0.4, -0.2) is 52.6 Å². The zero-order valence-electron chi connectivity index (χ0n) is 16.9. The minimum atomic E-state index is -1.94. The van der Waals surface area contributed by atoms with Gasteiger partial charge in [0.05, 0.1) is 6.61 Å². The van der Waals surface area contributed by atoms with Crippen LogP contribution in [0.1, 0.15) is 34.0 Å². The summed E-state index contributed by atoms with van der Waals surface area (Å²) in [7, 11) is 2.63. The Kier molecular flexibility index (Phi) is 7.31. The smallest absolute Gasteiger partial charge is 0.278 e. The number of carbonyl (C=O) groups is 3. The van der Waals surface area contributed by atoms with Gasteiger partial charge in [-0.2, -0.15) is 0 Å². The quantitative estimate of drug-likeness (QED) is 0.250. The van der Waals surface area contributed by atoms with Crippen molar-refractivity contribution in [3.8, 4) is 11.8 Å². The maximum Gasteiger partial charge on any atom is 0.278 e. The van der Waals surface area contributed by atoms with E-state index in [-0.39, 0.29) is 12.2 Å². The van der Waals surface area contributed by atoms with Crippen molar-refractivity contribution >= 4 is 17.7 Å². The molecule has 0 saturated carbocycles. The molecule has 8 heteroatoms. The van der Waals surface area contributed by atoms with E-state index in [0.717, 1.165) is 16.0 Å². The Bertz CT molecular complexity index is 972. The third-order valence-corrected chi connectivity index (χ3v) is 4.81. The highest BCUT2D eigenvalue weighted by atomic mass is 16.5. The number of amides is 3. The molecule has 2 aromatic rings. The van der Waals surface area contributed by atoms with Gasteiger partial charge in [-0.3, -0.25) is 19.6 Å². The average Bonchev–Trinajstić information content (AvgIpc) is 2.80. The van der Waals surface area contributed by atoms with Gasteiger partial charge in [0.2, 0.25) is 0 Å². The van der Waals surface area contributed by atoms with Gasteiger partial charge < -0.3 is 15.3 Å². The molecule has 0 spiro atoms. The highest BCUT2D eigenvalue weighted by molar-refractivity contribution is 6.12. The lowest BCUT2D eigenvalue weighted by atomic mass is 9.96. The second-order valence-electron chi connectivity index (χ2n) is 6.64. The zero-order valence-corrected chi connectivity index (χ0v) is 16.9. The molecule has 2 aromatic carbocycles. The minimum Gasteiger partial charge on any atom is -0.392 e. The summed E-state index contributed by atoms with van der Waals surface area (Å²) in [5, 5.41) is 20.4. The van der Waals surface area contributed by atoms with Gasteiger partial charge in [0.1, 0.15) is 0 Å². The van der Waals surface area contributed by atoms with E-state index in [1.54, 1.807) is 48.5 Å². The van der Waals surface area contributed by atoms with Crippen LogP contribution in [0.4, 0.5) is 0 Å². The van der Waals surface area contributed by atoms with E-state index < -0.39 is 23.3 Å². The summed E-state index contributed by atoms with van der Waals surface area (Å²) in [4.78, 5) is 38.1. The normalized spacial score (nSPS) is 12.0. The molecule has 1 atom stereocenters. The molecule has 0 fully saturated rings. The van der Waals surface area contributed by atoms with E-state index in [9.17, 15) is 14.4 Å². The molecule has 4 N–H and O–H groups in total. The molecule has 0 bridgehead atoms. The molecule has 0 radical (unpaired) electrons. The first kappa shape index (κ1) is 22.6. The number of hydrogen-bond acceptors (Lipinski definition) is 5. The molecule has 0 unspecified atom stereocenters. The van der Waals surface area contributed by atoms with Crippen molar-refractivity contribution in [2.75, 3.05) is 14.1 Å².